The molecule has 1 amide bonds. The molecule has 0 heterocycles. The number of hydrogen-bond acceptors (Lipinski definition) is 4. The molecular weight excluding hydrogens is 396 g/mol. The fourth-order valence-electron chi connectivity index (χ4n) is 1.99. The van der Waals surface area contributed by atoms with Crippen molar-refractivity contribution in [2.75, 3.05) is 26.5 Å². The molecule has 0 saturated carbocycles. The first-order chi connectivity index (χ1) is 11.3. The predicted molar refractivity (Wildman–Crippen MR) is 96.0 cm³/mol. The number of nitrogens with zero attached hydrogens (tertiary/aromatic N) is 1. The number of nitrogens with one attached hydrogen (secondary N) is 1. The van der Waals surface area contributed by atoms with E-state index in [-0.39, 0.29) is 16.5 Å². The number of rotatable bonds is 5. The SMILES string of the molecule is COc1ccc(S(=O)(=O)N(C)C)cc1NC(=O)c1ccccc1Br. The molecule has 0 atom stereocenters. The third-order valence-electron chi connectivity index (χ3n) is 3.32. The van der Waals surface area contributed by atoms with Crippen molar-refractivity contribution in [2.24, 2.45) is 0 Å². The van der Waals surface area contributed by atoms with E-state index in [1.165, 1.54) is 39.4 Å². The van der Waals surface area contributed by atoms with Crippen LogP contribution in [0.2, 0.25) is 0 Å². The number of carbonyl (C=O) groups is 1. The van der Waals surface area contributed by atoms with Crippen LogP contribution in [0.15, 0.2) is 51.8 Å². The number of ether oxygens (including phenoxy) is 1. The van der Waals surface area contributed by atoms with Gasteiger partial charge in [0.05, 0.1) is 23.3 Å². The molecule has 6 nitrogen and oxygen atoms in total. The minimum absolute atomic E-state index is 0.0655. The fraction of sp³-hybridized carbons (Fsp3) is 0.188. The lowest BCUT2D eigenvalue weighted by Crippen LogP contribution is -2.22. The van der Waals surface area contributed by atoms with Gasteiger partial charge in [0.1, 0.15) is 5.75 Å². The maximum Gasteiger partial charge on any atom is 0.256 e. The van der Waals surface area contributed by atoms with Crippen molar-refractivity contribution in [1.29, 1.82) is 0 Å². The van der Waals surface area contributed by atoms with Gasteiger partial charge in [-0.15, -0.1) is 0 Å². The number of halogens is 1. The van der Waals surface area contributed by atoms with Gasteiger partial charge in [0.25, 0.3) is 5.91 Å². The van der Waals surface area contributed by atoms with Crippen molar-refractivity contribution in [3.63, 3.8) is 0 Å². The first-order valence-corrected chi connectivity index (χ1v) is 9.17. The van der Waals surface area contributed by atoms with Crippen molar-refractivity contribution in [1.82, 2.24) is 4.31 Å². The lowest BCUT2D eigenvalue weighted by Gasteiger charge is -2.15. The maximum absolute atomic E-state index is 12.4. The van der Waals surface area contributed by atoms with E-state index < -0.39 is 10.0 Å². The summed E-state index contributed by atoms with van der Waals surface area (Å²) >= 11 is 3.32. The Morgan fingerprint density at radius 3 is 2.42 bits per heavy atom. The topological polar surface area (TPSA) is 75.7 Å². The van der Waals surface area contributed by atoms with E-state index in [1.54, 1.807) is 24.3 Å². The van der Waals surface area contributed by atoms with Crippen LogP contribution in [0.3, 0.4) is 0 Å². The molecule has 0 fully saturated rings. The van der Waals surface area contributed by atoms with Crippen LogP contribution in [0, 0.1) is 0 Å². The van der Waals surface area contributed by atoms with Gasteiger partial charge in [-0.05, 0) is 46.3 Å². The molecule has 0 aliphatic rings. The third-order valence-corrected chi connectivity index (χ3v) is 5.82. The predicted octanol–water partition coefficient (Wildman–Crippen LogP) is 2.96. The Hall–Kier alpha value is -1.90. The molecule has 128 valence electrons. The molecule has 0 aromatic heterocycles. The van der Waals surface area contributed by atoms with Gasteiger partial charge in [-0.3, -0.25) is 4.79 Å². The highest BCUT2D eigenvalue weighted by Gasteiger charge is 2.20. The second kappa shape index (κ2) is 7.33. The smallest absolute Gasteiger partial charge is 0.256 e. The summed E-state index contributed by atoms with van der Waals surface area (Å²) in [6.07, 6.45) is 0. The Labute approximate surface area is 149 Å². The van der Waals surface area contributed by atoms with E-state index in [0.717, 1.165) is 4.31 Å². The van der Waals surface area contributed by atoms with Crippen LogP contribution in [-0.4, -0.2) is 39.8 Å². The van der Waals surface area contributed by atoms with E-state index in [4.69, 9.17) is 4.74 Å². The van der Waals surface area contributed by atoms with Gasteiger partial charge in [-0.25, -0.2) is 12.7 Å². The largest absolute Gasteiger partial charge is 0.495 e. The first kappa shape index (κ1) is 18.4. The molecule has 0 bridgehead atoms. The second-order valence-corrected chi connectivity index (χ2v) is 8.09. The summed E-state index contributed by atoms with van der Waals surface area (Å²) in [7, 11) is 0.719. The van der Waals surface area contributed by atoms with Crippen molar-refractivity contribution >= 4 is 37.5 Å². The number of hydrogen-bond donors (Lipinski definition) is 1. The lowest BCUT2D eigenvalue weighted by molar-refractivity contribution is 0.102. The number of sulfonamides is 1. The van der Waals surface area contributed by atoms with Gasteiger partial charge < -0.3 is 10.1 Å². The molecule has 2 aromatic carbocycles. The molecular formula is C16H17BrN2O4S. The Kier molecular flexibility index (Phi) is 5.63. The fourth-order valence-corrected chi connectivity index (χ4v) is 3.38. The number of amides is 1. The standard InChI is InChI=1S/C16H17BrN2O4S/c1-19(2)24(21,22)11-8-9-15(23-3)14(10-11)18-16(20)12-6-4-5-7-13(12)17/h4-10H,1-3H3,(H,18,20). The molecule has 0 aliphatic heterocycles. The zero-order valence-electron chi connectivity index (χ0n) is 13.4. The Morgan fingerprint density at radius 2 is 1.83 bits per heavy atom. The summed E-state index contributed by atoms with van der Waals surface area (Å²) in [6, 6.07) is 11.3. The molecule has 0 aliphatic carbocycles. The molecule has 2 rings (SSSR count). The van der Waals surface area contributed by atoms with E-state index in [9.17, 15) is 13.2 Å². The Morgan fingerprint density at radius 1 is 1.17 bits per heavy atom. The van der Waals surface area contributed by atoms with Crippen LogP contribution in [0.4, 0.5) is 5.69 Å². The average Bonchev–Trinajstić information content (AvgIpc) is 2.54. The van der Waals surface area contributed by atoms with Crippen LogP contribution in [0.25, 0.3) is 0 Å². The zero-order valence-corrected chi connectivity index (χ0v) is 15.8. The van der Waals surface area contributed by atoms with Gasteiger partial charge in [-0.1, -0.05) is 12.1 Å². The monoisotopic (exact) mass is 412 g/mol. The average molecular weight is 413 g/mol. The quantitative estimate of drug-likeness (QED) is 0.818. The number of anilines is 1. The van der Waals surface area contributed by atoms with E-state index in [2.05, 4.69) is 21.2 Å². The van der Waals surface area contributed by atoms with Crippen molar-refractivity contribution < 1.29 is 17.9 Å². The minimum atomic E-state index is -3.62. The molecule has 24 heavy (non-hydrogen) atoms. The first-order valence-electron chi connectivity index (χ1n) is 6.94. The highest BCUT2D eigenvalue weighted by atomic mass is 79.9. The highest BCUT2D eigenvalue weighted by molar-refractivity contribution is 9.10. The summed E-state index contributed by atoms with van der Waals surface area (Å²) in [6.45, 7) is 0. The Bertz CT molecular complexity index is 866. The van der Waals surface area contributed by atoms with Crippen molar-refractivity contribution in [2.45, 2.75) is 4.90 Å². The van der Waals surface area contributed by atoms with Crippen LogP contribution in [-0.2, 0) is 10.0 Å². The normalized spacial score (nSPS) is 11.4. The van der Waals surface area contributed by atoms with Gasteiger partial charge in [0.2, 0.25) is 10.0 Å². The molecule has 8 heteroatoms. The van der Waals surface area contributed by atoms with E-state index >= 15 is 0 Å². The van der Waals surface area contributed by atoms with E-state index in [0.29, 0.717) is 15.8 Å². The molecule has 0 radical (unpaired) electrons. The van der Waals surface area contributed by atoms with Crippen LogP contribution >= 0.6 is 15.9 Å². The number of benzene rings is 2. The van der Waals surface area contributed by atoms with E-state index in [1.807, 2.05) is 0 Å². The van der Waals surface area contributed by atoms with Crippen LogP contribution < -0.4 is 10.1 Å². The Balaban J connectivity index is 2.42. The zero-order chi connectivity index (χ0) is 17.9. The second-order valence-electron chi connectivity index (χ2n) is 5.08. The van der Waals surface area contributed by atoms with Gasteiger partial charge in [0, 0.05) is 18.6 Å². The van der Waals surface area contributed by atoms with Gasteiger partial charge >= 0.3 is 0 Å². The van der Waals surface area contributed by atoms with Crippen LogP contribution in [0.1, 0.15) is 10.4 Å². The highest BCUT2D eigenvalue weighted by Crippen LogP contribution is 2.29. The summed E-state index contributed by atoms with van der Waals surface area (Å²) in [5.74, 6) is -0.00622. The van der Waals surface area contributed by atoms with Crippen LogP contribution in [0.5, 0.6) is 5.75 Å². The lowest BCUT2D eigenvalue weighted by atomic mass is 10.2. The molecule has 2 aromatic rings. The molecule has 1 N–H and O–H groups in total. The maximum atomic E-state index is 12.4. The summed E-state index contributed by atoms with van der Waals surface area (Å²) in [5.41, 5.74) is 0.710. The molecule has 0 spiro atoms. The number of methoxy groups -OCH3 is 1. The van der Waals surface area contributed by atoms with Gasteiger partial charge in [-0.2, -0.15) is 0 Å². The molecule has 0 saturated heterocycles. The van der Waals surface area contributed by atoms with Gasteiger partial charge in [0.15, 0.2) is 0 Å². The van der Waals surface area contributed by atoms with Crippen molar-refractivity contribution in [3.05, 3.63) is 52.5 Å². The summed E-state index contributed by atoms with van der Waals surface area (Å²) < 4.78 is 31.5. The molecule has 0 unspecified atom stereocenters. The number of carbonyl (C=O) groups excluding carboxylic acids is 1. The minimum Gasteiger partial charge on any atom is -0.495 e. The van der Waals surface area contributed by atoms with Crippen molar-refractivity contribution in [3.8, 4) is 5.75 Å². The third kappa shape index (κ3) is 3.77. The summed E-state index contributed by atoms with van der Waals surface area (Å²) in [5, 5.41) is 2.69. The summed E-state index contributed by atoms with van der Waals surface area (Å²) in [4.78, 5) is 12.5.